The van der Waals surface area contributed by atoms with E-state index in [9.17, 15) is 14.4 Å². The van der Waals surface area contributed by atoms with Crippen LogP contribution in [0.3, 0.4) is 0 Å². The Bertz CT molecular complexity index is 1640. The summed E-state index contributed by atoms with van der Waals surface area (Å²) in [7, 11) is 0. The van der Waals surface area contributed by atoms with Gasteiger partial charge in [-0.1, -0.05) is 72.7 Å². The molecule has 0 radical (unpaired) electrons. The van der Waals surface area contributed by atoms with Gasteiger partial charge >= 0.3 is 5.97 Å². The number of fused-ring (bicyclic) bond motifs is 2. The van der Waals surface area contributed by atoms with E-state index in [1.807, 2.05) is 24.3 Å². The summed E-state index contributed by atoms with van der Waals surface area (Å²) in [6, 6.07) is 13.8. The molecule has 0 saturated carbocycles. The molecule has 5 rings (SSSR count). The summed E-state index contributed by atoms with van der Waals surface area (Å²) in [5, 5.41) is 0.412. The number of halogens is 1. The van der Waals surface area contributed by atoms with Gasteiger partial charge in [-0.3, -0.25) is 14.2 Å². The second-order valence-electron chi connectivity index (χ2n) is 8.85. The average molecular weight is 536 g/mol. The number of unbranched alkanes of at least 4 members (excludes halogenated alkanes) is 1. The van der Waals surface area contributed by atoms with Crippen LogP contribution in [0.2, 0.25) is 5.02 Å². The number of rotatable bonds is 6. The van der Waals surface area contributed by atoms with Gasteiger partial charge in [-0.25, -0.2) is 9.79 Å². The molecule has 7 nitrogen and oxygen atoms in total. The lowest BCUT2D eigenvalue weighted by atomic mass is 9.96. The van der Waals surface area contributed by atoms with Crippen molar-refractivity contribution in [2.24, 2.45) is 4.99 Å². The third-order valence-corrected chi connectivity index (χ3v) is 7.98. The van der Waals surface area contributed by atoms with Crippen molar-refractivity contribution >= 4 is 46.1 Å². The first-order chi connectivity index (χ1) is 17.9. The molecule has 37 heavy (non-hydrogen) atoms. The predicted octanol–water partition coefficient (Wildman–Crippen LogP) is 3.97. The molecule has 0 bridgehead atoms. The average Bonchev–Trinajstić information content (AvgIpc) is 3.34. The molecule has 0 unspecified atom stereocenters. The smallest absolute Gasteiger partial charge is 0.338 e. The highest BCUT2D eigenvalue weighted by Crippen LogP contribution is 2.36. The lowest BCUT2D eigenvalue weighted by Gasteiger charge is -2.25. The number of amides is 1. The van der Waals surface area contributed by atoms with Crippen molar-refractivity contribution in [2.45, 2.75) is 39.7 Å². The molecule has 3 aromatic rings. The molecule has 0 spiro atoms. The van der Waals surface area contributed by atoms with E-state index in [2.05, 4.69) is 11.9 Å². The van der Waals surface area contributed by atoms with Crippen molar-refractivity contribution < 1.29 is 14.3 Å². The molecular weight excluding hydrogens is 510 g/mol. The molecule has 3 heterocycles. The lowest BCUT2D eigenvalue weighted by Crippen LogP contribution is -2.41. The van der Waals surface area contributed by atoms with Gasteiger partial charge in [-0.2, -0.15) is 0 Å². The van der Waals surface area contributed by atoms with Crippen molar-refractivity contribution in [1.29, 1.82) is 0 Å². The van der Waals surface area contributed by atoms with Crippen LogP contribution in [0, 0.1) is 0 Å². The van der Waals surface area contributed by atoms with E-state index in [4.69, 9.17) is 16.3 Å². The van der Waals surface area contributed by atoms with Crippen LogP contribution in [-0.2, 0) is 14.3 Å². The Balaban J connectivity index is 1.80. The number of hydrogen-bond donors (Lipinski definition) is 0. The van der Waals surface area contributed by atoms with E-state index < -0.39 is 17.6 Å². The molecule has 1 amide bonds. The van der Waals surface area contributed by atoms with Gasteiger partial charge in [0.05, 0.1) is 29.1 Å². The van der Waals surface area contributed by atoms with Crippen molar-refractivity contribution in [2.75, 3.05) is 18.1 Å². The number of para-hydroxylation sites is 1. The lowest BCUT2D eigenvalue weighted by molar-refractivity contribution is -0.139. The molecule has 1 aromatic heterocycles. The number of allylic oxidation sites excluding steroid dienone is 1. The van der Waals surface area contributed by atoms with E-state index in [1.165, 1.54) is 4.57 Å². The zero-order valence-electron chi connectivity index (χ0n) is 20.8. The van der Waals surface area contributed by atoms with Crippen molar-refractivity contribution in [3.8, 4) is 0 Å². The number of nitrogens with zero attached hydrogens (tertiary/aromatic N) is 3. The fraction of sp³-hybridized carbons (Fsp3) is 0.286. The SMILES string of the molecule is CCCCN1C(=O)C(=c2sc3n(c2=O)[C@@H](c2ccccc2Cl)C(C(=O)OCC)=C(C)N=3)c2ccccc21. The number of esters is 1. The Kier molecular flexibility index (Phi) is 6.88. The number of thiazole rings is 1. The van der Waals surface area contributed by atoms with Gasteiger partial charge in [0.15, 0.2) is 4.80 Å². The fourth-order valence-corrected chi connectivity index (χ4v) is 6.25. The minimum Gasteiger partial charge on any atom is -0.463 e. The summed E-state index contributed by atoms with van der Waals surface area (Å²) in [5.74, 6) is -0.754. The summed E-state index contributed by atoms with van der Waals surface area (Å²) in [5.41, 5.74) is 2.79. The summed E-state index contributed by atoms with van der Waals surface area (Å²) >= 11 is 7.74. The van der Waals surface area contributed by atoms with Gasteiger partial charge in [0, 0.05) is 17.1 Å². The van der Waals surface area contributed by atoms with Gasteiger partial charge in [-0.05, 0) is 38.0 Å². The first kappa shape index (κ1) is 25.2. The van der Waals surface area contributed by atoms with Crippen LogP contribution in [0.25, 0.3) is 5.57 Å². The van der Waals surface area contributed by atoms with Crippen molar-refractivity contribution in [1.82, 2.24) is 4.57 Å². The first-order valence-corrected chi connectivity index (χ1v) is 13.5. The van der Waals surface area contributed by atoms with Crippen LogP contribution >= 0.6 is 22.9 Å². The van der Waals surface area contributed by atoms with Crippen LogP contribution in [-0.4, -0.2) is 29.6 Å². The Morgan fingerprint density at radius 3 is 2.57 bits per heavy atom. The molecule has 2 aliphatic heterocycles. The molecule has 0 aliphatic carbocycles. The number of aromatic nitrogens is 1. The maximum Gasteiger partial charge on any atom is 0.338 e. The van der Waals surface area contributed by atoms with E-state index in [1.54, 1.807) is 43.0 Å². The van der Waals surface area contributed by atoms with E-state index >= 15 is 0 Å². The standard InChI is InChI=1S/C28H26ClN3O4S/c1-4-6-15-31-20-14-10-8-12-18(20)22(25(31)33)24-26(34)32-23(17-11-7-9-13-19(17)29)21(27(35)36-5-2)16(3)30-28(32)37-24/h7-14,23H,4-6,15H2,1-3H3/t23-/m0/s1. The number of benzene rings is 2. The number of ether oxygens (including phenoxy) is 1. The first-order valence-electron chi connectivity index (χ1n) is 12.3. The zero-order valence-corrected chi connectivity index (χ0v) is 22.4. The minimum atomic E-state index is -0.832. The van der Waals surface area contributed by atoms with E-state index in [-0.39, 0.29) is 18.1 Å². The Morgan fingerprint density at radius 2 is 1.84 bits per heavy atom. The second-order valence-corrected chi connectivity index (χ2v) is 10.2. The van der Waals surface area contributed by atoms with Crippen LogP contribution in [0.5, 0.6) is 0 Å². The molecule has 1 atom stereocenters. The van der Waals surface area contributed by atoms with Gasteiger partial charge in [0.1, 0.15) is 10.6 Å². The summed E-state index contributed by atoms with van der Waals surface area (Å²) < 4.78 is 7.11. The van der Waals surface area contributed by atoms with Crippen LogP contribution in [0.1, 0.15) is 50.8 Å². The predicted molar refractivity (Wildman–Crippen MR) is 144 cm³/mol. The number of carbonyl (C=O) groups is 2. The normalized spacial score (nSPS) is 18.0. The molecule has 2 aromatic carbocycles. The maximum atomic E-state index is 14.1. The molecule has 9 heteroatoms. The third kappa shape index (κ3) is 4.14. The molecule has 0 saturated heterocycles. The van der Waals surface area contributed by atoms with Crippen molar-refractivity contribution in [3.63, 3.8) is 0 Å². The quantitative estimate of drug-likeness (QED) is 0.447. The van der Waals surface area contributed by atoms with Crippen molar-refractivity contribution in [3.05, 3.63) is 95.6 Å². The Labute approximate surface area is 223 Å². The molecule has 0 fully saturated rings. The molecular formula is C28H26ClN3O4S. The number of carbonyl (C=O) groups excluding carboxylic acids is 2. The van der Waals surface area contributed by atoms with E-state index in [0.29, 0.717) is 37.7 Å². The highest BCUT2D eigenvalue weighted by atomic mass is 35.5. The Hall–Kier alpha value is -3.49. The highest BCUT2D eigenvalue weighted by Gasteiger charge is 2.37. The third-order valence-electron chi connectivity index (χ3n) is 6.58. The fourth-order valence-electron chi connectivity index (χ4n) is 4.87. The van der Waals surface area contributed by atoms with Gasteiger partial charge < -0.3 is 9.64 Å². The van der Waals surface area contributed by atoms with Gasteiger partial charge in [-0.15, -0.1) is 0 Å². The Morgan fingerprint density at radius 1 is 1.11 bits per heavy atom. The minimum absolute atomic E-state index is 0.179. The molecule has 2 aliphatic rings. The summed E-state index contributed by atoms with van der Waals surface area (Å²) in [6.45, 7) is 6.27. The van der Waals surface area contributed by atoms with Gasteiger partial charge in [0.25, 0.3) is 11.5 Å². The highest BCUT2D eigenvalue weighted by molar-refractivity contribution is 7.07. The van der Waals surface area contributed by atoms with Gasteiger partial charge in [0.2, 0.25) is 0 Å². The number of hydrogen-bond acceptors (Lipinski definition) is 6. The summed E-state index contributed by atoms with van der Waals surface area (Å²) in [4.78, 5) is 47.6. The largest absolute Gasteiger partial charge is 0.463 e. The zero-order chi connectivity index (χ0) is 26.3. The van der Waals surface area contributed by atoms with Crippen LogP contribution in [0.4, 0.5) is 5.69 Å². The topological polar surface area (TPSA) is 81.0 Å². The monoisotopic (exact) mass is 535 g/mol. The van der Waals surface area contributed by atoms with Crippen LogP contribution < -0.4 is 19.8 Å². The summed E-state index contributed by atoms with van der Waals surface area (Å²) in [6.07, 6.45) is 1.79. The van der Waals surface area contributed by atoms with E-state index in [0.717, 1.165) is 35.4 Å². The maximum absolute atomic E-state index is 14.1. The molecule has 0 N–H and O–H groups in total. The van der Waals surface area contributed by atoms with Crippen LogP contribution in [0.15, 0.2) is 69.6 Å². The number of anilines is 1. The molecule has 190 valence electrons. The second kappa shape index (κ2) is 10.1.